The molecule has 0 radical (unpaired) electrons. The highest BCUT2D eigenvalue weighted by molar-refractivity contribution is 7.98. The summed E-state index contributed by atoms with van der Waals surface area (Å²) in [5.41, 5.74) is 1.10. The summed E-state index contributed by atoms with van der Waals surface area (Å²) in [5.74, 6) is 0.690. The topological polar surface area (TPSA) is 32.3 Å². The van der Waals surface area contributed by atoms with Gasteiger partial charge >= 0.3 is 0 Å². The molecule has 0 unspecified atom stereocenters. The van der Waals surface area contributed by atoms with Crippen molar-refractivity contribution < 1.29 is 8.78 Å². The van der Waals surface area contributed by atoms with Crippen LogP contribution in [0.2, 0.25) is 5.02 Å². The van der Waals surface area contributed by atoms with Crippen LogP contribution in [0, 0.1) is 11.6 Å². The molecule has 29 heavy (non-hydrogen) atoms. The lowest BCUT2D eigenvalue weighted by atomic mass is 10.2. The van der Waals surface area contributed by atoms with Crippen LogP contribution in [0.4, 0.5) is 20.3 Å². The minimum atomic E-state index is -0.316. The van der Waals surface area contributed by atoms with Crippen molar-refractivity contribution in [3.63, 3.8) is 0 Å². The van der Waals surface area contributed by atoms with Gasteiger partial charge in [0.25, 0.3) is 0 Å². The molecule has 1 aromatic heterocycles. The van der Waals surface area contributed by atoms with Crippen LogP contribution in [0.5, 0.6) is 0 Å². The van der Waals surface area contributed by atoms with Crippen molar-refractivity contribution >= 4 is 34.9 Å². The number of hydrogen-bond donors (Lipinski definition) is 0. The molecule has 1 fully saturated rings. The number of rotatable bonds is 5. The van der Waals surface area contributed by atoms with Gasteiger partial charge in [-0.05, 0) is 24.3 Å². The molecule has 0 spiro atoms. The highest BCUT2D eigenvalue weighted by Gasteiger charge is 2.20. The van der Waals surface area contributed by atoms with Crippen molar-refractivity contribution in [3.05, 3.63) is 77.1 Å². The van der Waals surface area contributed by atoms with Gasteiger partial charge in [-0.2, -0.15) is 0 Å². The molecule has 1 aliphatic rings. The molecule has 2 heterocycles. The zero-order chi connectivity index (χ0) is 20.2. The number of aromatic nitrogens is 2. The van der Waals surface area contributed by atoms with Crippen molar-refractivity contribution in [3.8, 4) is 0 Å². The predicted octanol–water partition coefficient (Wildman–Crippen LogP) is 5.03. The van der Waals surface area contributed by atoms with E-state index in [0.717, 1.165) is 23.9 Å². The van der Waals surface area contributed by atoms with Crippen molar-refractivity contribution in [1.82, 2.24) is 9.97 Å². The second-order valence-corrected chi connectivity index (χ2v) is 8.03. The molecule has 1 saturated heterocycles. The largest absolute Gasteiger partial charge is 0.366 e. The fourth-order valence-corrected chi connectivity index (χ4v) is 4.49. The van der Waals surface area contributed by atoms with Crippen molar-refractivity contribution in [2.24, 2.45) is 0 Å². The van der Waals surface area contributed by atoms with Crippen molar-refractivity contribution in [2.75, 3.05) is 36.0 Å². The number of anilines is 2. The Balaban J connectivity index is 1.40. The Bertz CT molecular complexity index is 976. The molecule has 150 valence electrons. The molecule has 0 atom stereocenters. The first-order valence-corrected chi connectivity index (χ1v) is 10.6. The van der Waals surface area contributed by atoms with Crippen molar-refractivity contribution in [2.45, 2.75) is 10.8 Å². The van der Waals surface area contributed by atoms with Gasteiger partial charge in [-0.3, -0.25) is 0 Å². The lowest BCUT2D eigenvalue weighted by molar-refractivity contribution is 0.595. The summed E-state index contributed by atoms with van der Waals surface area (Å²) in [5, 5.41) is 1.17. The van der Waals surface area contributed by atoms with Gasteiger partial charge < -0.3 is 9.80 Å². The summed E-state index contributed by atoms with van der Waals surface area (Å²) in [6, 6.07) is 13.4. The molecule has 0 saturated carbocycles. The van der Waals surface area contributed by atoms with E-state index in [4.69, 9.17) is 11.6 Å². The maximum Gasteiger partial charge on any atom is 0.146 e. The number of hydrogen-bond acceptors (Lipinski definition) is 5. The summed E-state index contributed by atoms with van der Waals surface area (Å²) in [7, 11) is 0. The van der Waals surface area contributed by atoms with Gasteiger partial charge in [-0.1, -0.05) is 29.8 Å². The maximum atomic E-state index is 14.0. The molecule has 1 aliphatic heterocycles. The van der Waals surface area contributed by atoms with Gasteiger partial charge in [0.15, 0.2) is 0 Å². The first-order valence-electron chi connectivity index (χ1n) is 9.24. The highest BCUT2D eigenvalue weighted by atomic mass is 35.5. The Morgan fingerprint density at radius 1 is 0.897 bits per heavy atom. The molecule has 4 rings (SSSR count). The van der Waals surface area contributed by atoms with Gasteiger partial charge in [0.2, 0.25) is 0 Å². The number of benzene rings is 2. The van der Waals surface area contributed by atoms with Gasteiger partial charge in [0.1, 0.15) is 28.8 Å². The van der Waals surface area contributed by atoms with E-state index in [1.807, 2.05) is 17.0 Å². The zero-order valence-corrected chi connectivity index (χ0v) is 17.1. The van der Waals surface area contributed by atoms with E-state index in [-0.39, 0.29) is 11.6 Å². The van der Waals surface area contributed by atoms with Crippen LogP contribution in [0.15, 0.2) is 59.9 Å². The highest BCUT2D eigenvalue weighted by Crippen LogP contribution is 2.29. The lowest BCUT2D eigenvalue weighted by Crippen LogP contribution is -2.47. The second-order valence-electron chi connectivity index (χ2n) is 6.63. The van der Waals surface area contributed by atoms with Crippen LogP contribution >= 0.6 is 23.4 Å². The van der Waals surface area contributed by atoms with E-state index >= 15 is 0 Å². The van der Waals surface area contributed by atoms with Crippen LogP contribution in [-0.2, 0) is 5.75 Å². The summed E-state index contributed by atoms with van der Waals surface area (Å²) < 4.78 is 28.0. The monoisotopic (exact) mass is 432 g/mol. The minimum Gasteiger partial charge on any atom is -0.366 e. The quantitative estimate of drug-likeness (QED) is 0.417. The molecule has 0 bridgehead atoms. The number of piperazine rings is 1. The molecule has 2 aromatic carbocycles. The third kappa shape index (κ3) is 4.62. The van der Waals surface area contributed by atoms with Crippen LogP contribution in [0.1, 0.15) is 5.56 Å². The van der Waals surface area contributed by atoms with Crippen LogP contribution in [0.3, 0.4) is 0 Å². The molecule has 8 heteroatoms. The van der Waals surface area contributed by atoms with E-state index in [1.165, 1.54) is 30.2 Å². The van der Waals surface area contributed by atoms with Crippen molar-refractivity contribution in [1.29, 1.82) is 0 Å². The van der Waals surface area contributed by atoms with E-state index in [9.17, 15) is 8.78 Å². The number of halogens is 3. The molecular formula is C21H19ClF2N4S. The Kier molecular flexibility index (Phi) is 6.16. The molecule has 0 N–H and O–H groups in total. The predicted molar refractivity (Wildman–Crippen MR) is 114 cm³/mol. The Morgan fingerprint density at radius 2 is 1.62 bits per heavy atom. The van der Waals surface area contributed by atoms with Crippen LogP contribution < -0.4 is 9.80 Å². The number of para-hydroxylation sites is 1. The molecule has 0 aliphatic carbocycles. The second kappa shape index (κ2) is 8.97. The average molecular weight is 433 g/mol. The zero-order valence-electron chi connectivity index (χ0n) is 15.6. The third-order valence-electron chi connectivity index (χ3n) is 4.85. The van der Waals surface area contributed by atoms with Gasteiger partial charge in [0, 0.05) is 48.6 Å². The Hall–Kier alpha value is -2.38. The number of nitrogens with zero attached hydrogens (tertiary/aromatic N) is 4. The van der Waals surface area contributed by atoms with E-state index in [1.54, 1.807) is 24.3 Å². The normalized spacial score (nSPS) is 14.3. The summed E-state index contributed by atoms with van der Waals surface area (Å²) in [6.45, 7) is 2.87. The molecule has 4 nitrogen and oxygen atoms in total. The molecule has 3 aromatic rings. The molecular weight excluding hydrogens is 414 g/mol. The summed E-state index contributed by atoms with van der Waals surface area (Å²) in [6.07, 6.45) is 1.52. The molecule has 0 amide bonds. The number of thioether (sulfide) groups is 1. The van der Waals surface area contributed by atoms with Gasteiger partial charge in [0.05, 0.1) is 5.69 Å². The van der Waals surface area contributed by atoms with Gasteiger partial charge in [-0.25, -0.2) is 18.7 Å². The smallest absolute Gasteiger partial charge is 0.146 e. The SMILES string of the molecule is Fc1ccccc1N1CCN(c2cc(SCc3c(F)cccc3Cl)ncn2)CC1. The summed E-state index contributed by atoms with van der Waals surface area (Å²) in [4.78, 5) is 12.9. The Labute approximate surface area is 177 Å². The van der Waals surface area contributed by atoms with E-state index < -0.39 is 0 Å². The average Bonchev–Trinajstić information content (AvgIpc) is 2.74. The van der Waals surface area contributed by atoms with E-state index in [0.29, 0.717) is 35.1 Å². The first-order chi connectivity index (χ1) is 14.1. The van der Waals surface area contributed by atoms with E-state index in [2.05, 4.69) is 14.9 Å². The first kappa shape index (κ1) is 19.9. The third-order valence-corrected chi connectivity index (χ3v) is 6.16. The fourth-order valence-electron chi connectivity index (χ4n) is 3.28. The lowest BCUT2D eigenvalue weighted by Gasteiger charge is -2.36. The standard InChI is InChI=1S/C21H19ClF2N4S/c22-16-4-3-6-17(23)15(16)13-29-21-12-20(25-14-26-21)28-10-8-27(9-11-28)19-7-2-1-5-18(19)24/h1-7,12,14H,8-11,13H2. The maximum absolute atomic E-state index is 14.0. The van der Waals surface area contributed by atoms with Gasteiger partial charge in [-0.15, -0.1) is 11.8 Å². The summed E-state index contributed by atoms with van der Waals surface area (Å²) >= 11 is 7.52. The Morgan fingerprint density at radius 3 is 2.38 bits per heavy atom. The fraction of sp³-hybridized carbons (Fsp3) is 0.238. The van der Waals surface area contributed by atoms with Crippen LogP contribution in [0.25, 0.3) is 0 Å². The minimum absolute atomic E-state index is 0.200. The van der Waals surface area contributed by atoms with Crippen LogP contribution in [-0.4, -0.2) is 36.1 Å².